The van der Waals surface area contributed by atoms with Crippen LogP contribution < -0.4 is 10.1 Å². The number of aromatic nitrogens is 2. The number of anilines is 1. The predicted octanol–water partition coefficient (Wildman–Crippen LogP) is 3.41. The molecule has 23 heavy (non-hydrogen) atoms. The van der Waals surface area contributed by atoms with Crippen LogP contribution in [-0.2, 0) is 7.05 Å². The molecule has 1 aromatic heterocycles. The van der Waals surface area contributed by atoms with Crippen molar-refractivity contribution >= 4 is 35.1 Å². The number of rotatable bonds is 3. The zero-order valence-electron chi connectivity index (χ0n) is 12.5. The zero-order valence-corrected chi connectivity index (χ0v) is 14.0. The second kappa shape index (κ2) is 6.68. The number of halogens is 2. The first-order valence-electron chi connectivity index (χ1n) is 7.18. The smallest absolute Gasteiger partial charge is 0.323 e. The largest absolute Gasteiger partial charge is 0.488 e. The summed E-state index contributed by atoms with van der Waals surface area (Å²) < 4.78 is 7.50. The molecule has 1 saturated heterocycles. The number of carbonyl (C=O) groups excluding carboxylic acids is 1. The highest BCUT2D eigenvalue weighted by Crippen LogP contribution is 2.28. The quantitative estimate of drug-likeness (QED) is 0.918. The maximum absolute atomic E-state index is 12.2. The Morgan fingerprint density at radius 1 is 1.35 bits per heavy atom. The summed E-state index contributed by atoms with van der Waals surface area (Å²) in [5, 5.41) is 7.83. The first-order chi connectivity index (χ1) is 11.0. The van der Waals surface area contributed by atoms with E-state index in [1.54, 1.807) is 47.1 Å². The molecule has 0 unspecified atom stereocenters. The topological polar surface area (TPSA) is 59.4 Å². The number of likely N-dealkylation sites (tertiary alicyclic amines) is 1. The van der Waals surface area contributed by atoms with Crippen LogP contribution in [0.5, 0.6) is 5.75 Å². The molecule has 0 saturated carbocycles. The van der Waals surface area contributed by atoms with Crippen LogP contribution in [0, 0.1) is 0 Å². The Hall–Kier alpha value is -1.92. The van der Waals surface area contributed by atoms with Crippen molar-refractivity contribution in [2.45, 2.75) is 12.5 Å². The van der Waals surface area contributed by atoms with Crippen LogP contribution in [0.1, 0.15) is 6.42 Å². The summed E-state index contributed by atoms with van der Waals surface area (Å²) in [4.78, 5) is 13.9. The summed E-state index contributed by atoms with van der Waals surface area (Å²) in [6.45, 7) is 1.14. The summed E-state index contributed by atoms with van der Waals surface area (Å²) >= 11 is 11.9. The van der Waals surface area contributed by atoms with Crippen molar-refractivity contribution in [3.05, 3.63) is 40.5 Å². The second-order valence-electron chi connectivity index (χ2n) is 5.36. The monoisotopic (exact) mass is 354 g/mol. The van der Waals surface area contributed by atoms with Crippen molar-refractivity contribution in [1.29, 1.82) is 0 Å². The van der Waals surface area contributed by atoms with Crippen LogP contribution in [0.15, 0.2) is 30.5 Å². The van der Waals surface area contributed by atoms with Crippen molar-refractivity contribution in [3.8, 4) is 5.75 Å². The molecule has 0 spiro atoms. The number of urea groups is 1. The van der Waals surface area contributed by atoms with E-state index in [0.29, 0.717) is 34.7 Å². The molecule has 1 aromatic carbocycles. The standard InChI is InChI=1S/C15H16Cl2N4O2/c1-20-6-5-14(19-20)18-15(22)21-7-4-11(9-21)23-10-2-3-12(16)13(17)8-10/h2-3,5-6,8,11H,4,7,9H2,1H3,(H,18,19,22)/t11-/m1/s1. The van der Waals surface area contributed by atoms with Crippen molar-refractivity contribution in [2.24, 2.45) is 7.05 Å². The van der Waals surface area contributed by atoms with Gasteiger partial charge in [-0.05, 0) is 12.1 Å². The fourth-order valence-electron chi connectivity index (χ4n) is 2.42. The molecule has 1 atom stereocenters. The molecular weight excluding hydrogens is 339 g/mol. The van der Waals surface area contributed by atoms with Gasteiger partial charge >= 0.3 is 6.03 Å². The zero-order chi connectivity index (χ0) is 16.4. The Morgan fingerprint density at radius 2 is 2.17 bits per heavy atom. The van der Waals surface area contributed by atoms with E-state index in [2.05, 4.69) is 10.4 Å². The Balaban J connectivity index is 1.55. The molecule has 2 heterocycles. The lowest BCUT2D eigenvalue weighted by atomic mass is 10.3. The number of ether oxygens (including phenoxy) is 1. The van der Waals surface area contributed by atoms with Crippen molar-refractivity contribution in [2.75, 3.05) is 18.4 Å². The normalized spacial score (nSPS) is 17.3. The minimum absolute atomic E-state index is 0.0678. The summed E-state index contributed by atoms with van der Waals surface area (Å²) in [5.41, 5.74) is 0. The van der Waals surface area contributed by atoms with Gasteiger partial charge in [-0.25, -0.2) is 4.79 Å². The summed E-state index contributed by atoms with van der Waals surface area (Å²) in [5.74, 6) is 1.18. The molecule has 1 aliphatic heterocycles. The fraction of sp³-hybridized carbons (Fsp3) is 0.333. The Morgan fingerprint density at radius 3 is 2.87 bits per heavy atom. The van der Waals surface area contributed by atoms with Crippen LogP contribution in [0.2, 0.25) is 10.0 Å². The van der Waals surface area contributed by atoms with Gasteiger partial charge in [0, 0.05) is 38.3 Å². The first-order valence-corrected chi connectivity index (χ1v) is 7.94. The first kappa shape index (κ1) is 16.0. The lowest BCUT2D eigenvalue weighted by Gasteiger charge is -2.17. The molecule has 1 aliphatic rings. The molecule has 3 rings (SSSR count). The molecule has 6 nitrogen and oxygen atoms in total. The van der Waals surface area contributed by atoms with Gasteiger partial charge < -0.3 is 9.64 Å². The van der Waals surface area contributed by atoms with Crippen molar-refractivity contribution in [1.82, 2.24) is 14.7 Å². The minimum atomic E-state index is -0.177. The van der Waals surface area contributed by atoms with Gasteiger partial charge in [0.05, 0.1) is 16.6 Å². The van der Waals surface area contributed by atoms with E-state index in [1.807, 2.05) is 0 Å². The van der Waals surface area contributed by atoms with E-state index < -0.39 is 0 Å². The second-order valence-corrected chi connectivity index (χ2v) is 6.17. The van der Waals surface area contributed by atoms with Gasteiger partial charge in [-0.3, -0.25) is 10.00 Å². The molecule has 1 N–H and O–H groups in total. The highest BCUT2D eigenvalue weighted by atomic mass is 35.5. The van der Waals surface area contributed by atoms with E-state index in [1.165, 1.54) is 0 Å². The van der Waals surface area contributed by atoms with E-state index in [4.69, 9.17) is 27.9 Å². The summed E-state index contributed by atoms with van der Waals surface area (Å²) in [7, 11) is 1.80. The summed E-state index contributed by atoms with van der Waals surface area (Å²) in [6, 6.07) is 6.71. The van der Waals surface area contributed by atoms with Gasteiger partial charge in [-0.1, -0.05) is 23.2 Å². The highest BCUT2D eigenvalue weighted by Gasteiger charge is 2.28. The van der Waals surface area contributed by atoms with Crippen LogP contribution >= 0.6 is 23.2 Å². The predicted molar refractivity (Wildman–Crippen MR) is 89.3 cm³/mol. The van der Waals surface area contributed by atoms with E-state index in [-0.39, 0.29) is 12.1 Å². The van der Waals surface area contributed by atoms with Gasteiger partial charge in [0.25, 0.3) is 0 Å². The lowest BCUT2D eigenvalue weighted by Crippen LogP contribution is -2.34. The molecule has 2 aromatic rings. The molecule has 0 radical (unpaired) electrons. The number of aryl methyl sites for hydroxylation is 1. The van der Waals surface area contributed by atoms with E-state index in [9.17, 15) is 4.79 Å². The number of hydrogen-bond donors (Lipinski definition) is 1. The third-order valence-corrected chi connectivity index (χ3v) is 4.31. The molecular formula is C15H16Cl2N4O2. The maximum atomic E-state index is 12.2. The van der Waals surface area contributed by atoms with Gasteiger partial charge in [-0.15, -0.1) is 0 Å². The number of carbonyl (C=O) groups is 1. The van der Waals surface area contributed by atoms with Crippen LogP contribution in [0.25, 0.3) is 0 Å². The number of benzene rings is 1. The number of nitrogens with zero attached hydrogens (tertiary/aromatic N) is 3. The van der Waals surface area contributed by atoms with E-state index in [0.717, 1.165) is 6.42 Å². The summed E-state index contributed by atoms with van der Waals surface area (Å²) in [6.07, 6.45) is 2.47. The average molecular weight is 355 g/mol. The van der Waals surface area contributed by atoms with Crippen LogP contribution in [-0.4, -0.2) is 39.9 Å². The van der Waals surface area contributed by atoms with Gasteiger partial charge in [0.1, 0.15) is 11.9 Å². The molecule has 1 fully saturated rings. The minimum Gasteiger partial charge on any atom is -0.488 e. The number of nitrogens with one attached hydrogen (secondary N) is 1. The fourth-order valence-corrected chi connectivity index (χ4v) is 2.71. The van der Waals surface area contributed by atoms with Crippen LogP contribution in [0.4, 0.5) is 10.6 Å². The van der Waals surface area contributed by atoms with E-state index >= 15 is 0 Å². The molecule has 122 valence electrons. The maximum Gasteiger partial charge on any atom is 0.323 e. The Bertz CT molecular complexity index is 719. The van der Waals surface area contributed by atoms with Gasteiger partial charge in [0.15, 0.2) is 5.82 Å². The lowest BCUT2D eigenvalue weighted by molar-refractivity contribution is 0.195. The Labute approximate surface area is 143 Å². The molecule has 0 bridgehead atoms. The number of hydrogen-bond acceptors (Lipinski definition) is 3. The third-order valence-electron chi connectivity index (χ3n) is 3.57. The molecule has 8 heteroatoms. The Kier molecular flexibility index (Phi) is 4.63. The van der Waals surface area contributed by atoms with Crippen molar-refractivity contribution < 1.29 is 9.53 Å². The average Bonchev–Trinajstić information content (AvgIpc) is 3.12. The van der Waals surface area contributed by atoms with Crippen molar-refractivity contribution in [3.63, 3.8) is 0 Å². The third kappa shape index (κ3) is 3.89. The van der Waals surface area contributed by atoms with Gasteiger partial charge in [0.2, 0.25) is 0 Å². The highest BCUT2D eigenvalue weighted by molar-refractivity contribution is 6.42. The molecule has 0 aliphatic carbocycles. The SMILES string of the molecule is Cn1ccc(NC(=O)N2CC[C@@H](Oc3ccc(Cl)c(Cl)c3)C2)n1. The molecule has 2 amide bonds. The number of amides is 2. The van der Waals surface area contributed by atoms with Gasteiger partial charge in [-0.2, -0.15) is 5.10 Å². The van der Waals surface area contributed by atoms with Crippen LogP contribution in [0.3, 0.4) is 0 Å².